The molecule has 3 rings (SSSR count). The molecule has 184 valence electrons. The number of nitrogens with one attached hydrogen (secondary N) is 2. The Kier molecular flexibility index (Phi) is 8.65. The van der Waals surface area contributed by atoms with Gasteiger partial charge < -0.3 is 15.7 Å². The first-order chi connectivity index (χ1) is 15.7. The van der Waals surface area contributed by atoms with E-state index in [1.54, 1.807) is 0 Å². The zero-order valence-electron chi connectivity index (χ0n) is 19.6. The first-order valence-electron chi connectivity index (χ1n) is 12.3. The average Bonchev–Trinajstić information content (AvgIpc) is 2.79. The SMILES string of the molecule is CC1(C(=O)N[C@H](CCC(F)(F)CCCCc2ccc3c(n2)NCCC3)C(=O)O)CCCCC1. The first kappa shape index (κ1) is 25.4. The molecule has 33 heavy (non-hydrogen) atoms. The Morgan fingerprint density at radius 3 is 2.67 bits per heavy atom. The van der Waals surface area contributed by atoms with Crippen molar-refractivity contribution in [2.45, 2.75) is 102 Å². The van der Waals surface area contributed by atoms with Gasteiger partial charge in [-0.25, -0.2) is 18.6 Å². The van der Waals surface area contributed by atoms with Crippen molar-refractivity contribution in [3.05, 3.63) is 23.4 Å². The molecule has 0 spiro atoms. The number of aliphatic carboxylic acids is 1. The topological polar surface area (TPSA) is 91.3 Å². The number of rotatable bonds is 11. The number of carboxylic acids is 1. The molecular formula is C25H37F2N3O3. The van der Waals surface area contributed by atoms with Gasteiger partial charge in [0.25, 0.3) is 0 Å². The number of carbonyl (C=O) groups is 2. The van der Waals surface area contributed by atoms with E-state index in [-0.39, 0.29) is 18.7 Å². The van der Waals surface area contributed by atoms with Crippen LogP contribution in [0.3, 0.4) is 0 Å². The fraction of sp³-hybridized carbons (Fsp3) is 0.720. The minimum absolute atomic E-state index is 0.276. The second kappa shape index (κ2) is 11.3. The minimum atomic E-state index is -2.96. The summed E-state index contributed by atoms with van der Waals surface area (Å²) in [5, 5.41) is 15.3. The number of amides is 1. The second-order valence-electron chi connectivity index (χ2n) is 9.93. The molecule has 1 atom stereocenters. The Morgan fingerprint density at radius 2 is 1.94 bits per heavy atom. The molecular weight excluding hydrogens is 428 g/mol. The van der Waals surface area contributed by atoms with Gasteiger partial charge in [-0.2, -0.15) is 0 Å². The second-order valence-corrected chi connectivity index (χ2v) is 9.93. The average molecular weight is 466 g/mol. The van der Waals surface area contributed by atoms with Crippen LogP contribution in [-0.2, 0) is 22.4 Å². The van der Waals surface area contributed by atoms with Crippen molar-refractivity contribution in [2.24, 2.45) is 5.41 Å². The number of aryl methyl sites for hydroxylation is 2. The molecule has 6 nitrogen and oxygen atoms in total. The van der Waals surface area contributed by atoms with Crippen LogP contribution in [0.25, 0.3) is 0 Å². The fourth-order valence-corrected chi connectivity index (χ4v) is 4.83. The van der Waals surface area contributed by atoms with Gasteiger partial charge in [0.15, 0.2) is 0 Å². The lowest BCUT2D eigenvalue weighted by Gasteiger charge is -2.33. The molecule has 1 aliphatic heterocycles. The lowest BCUT2D eigenvalue weighted by molar-refractivity contribution is -0.145. The van der Waals surface area contributed by atoms with Gasteiger partial charge in [0.2, 0.25) is 11.8 Å². The van der Waals surface area contributed by atoms with E-state index in [9.17, 15) is 23.5 Å². The standard InChI is InChI=1S/C25H37F2N3O3/c1-24(13-4-2-5-14-24)23(33)30-20(22(31)32)12-16-25(26,27)15-6-3-9-19-11-10-18-8-7-17-28-21(18)29-19/h10-11,20H,2-9,12-17H2,1H3,(H,28,29)(H,30,33)(H,31,32)/t20-/m1/s1. The van der Waals surface area contributed by atoms with Gasteiger partial charge in [0.05, 0.1) is 0 Å². The van der Waals surface area contributed by atoms with E-state index in [4.69, 9.17) is 0 Å². The van der Waals surface area contributed by atoms with E-state index >= 15 is 0 Å². The summed E-state index contributed by atoms with van der Waals surface area (Å²) in [5.74, 6) is -3.64. The molecule has 1 aliphatic carbocycles. The molecule has 0 bridgehead atoms. The van der Waals surface area contributed by atoms with Crippen molar-refractivity contribution >= 4 is 17.7 Å². The van der Waals surface area contributed by atoms with Gasteiger partial charge in [0, 0.05) is 30.5 Å². The number of pyridine rings is 1. The summed E-state index contributed by atoms with van der Waals surface area (Å²) in [6.07, 6.45) is 6.88. The summed E-state index contributed by atoms with van der Waals surface area (Å²) < 4.78 is 28.9. The number of hydrogen-bond acceptors (Lipinski definition) is 4. The van der Waals surface area contributed by atoms with Gasteiger partial charge in [-0.3, -0.25) is 4.79 Å². The summed E-state index contributed by atoms with van der Waals surface area (Å²) in [7, 11) is 0. The zero-order valence-corrected chi connectivity index (χ0v) is 19.6. The number of alkyl halides is 2. The van der Waals surface area contributed by atoms with Crippen LogP contribution in [0.2, 0.25) is 0 Å². The molecule has 3 N–H and O–H groups in total. The highest BCUT2D eigenvalue weighted by atomic mass is 19.3. The number of aromatic nitrogens is 1. The highest BCUT2D eigenvalue weighted by molar-refractivity contribution is 5.87. The van der Waals surface area contributed by atoms with Crippen molar-refractivity contribution in [3.8, 4) is 0 Å². The molecule has 1 aromatic rings. The molecule has 1 amide bonds. The van der Waals surface area contributed by atoms with E-state index in [2.05, 4.69) is 21.7 Å². The number of anilines is 1. The van der Waals surface area contributed by atoms with Crippen molar-refractivity contribution in [1.29, 1.82) is 0 Å². The number of carboxylic acid groups (broad SMARTS) is 1. The normalized spacial score (nSPS) is 18.6. The largest absolute Gasteiger partial charge is 0.480 e. The highest BCUT2D eigenvalue weighted by Crippen LogP contribution is 2.36. The number of fused-ring (bicyclic) bond motifs is 1. The summed E-state index contributed by atoms with van der Waals surface area (Å²) >= 11 is 0. The predicted molar refractivity (Wildman–Crippen MR) is 124 cm³/mol. The van der Waals surface area contributed by atoms with Crippen LogP contribution < -0.4 is 10.6 Å². The van der Waals surface area contributed by atoms with E-state index in [1.807, 2.05) is 13.0 Å². The molecule has 8 heteroatoms. The lowest BCUT2D eigenvalue weighted by Crippen LogP contribution is -2.48. The monoisotopic (exact) mass is 465 g/mol. The molecule has 2 aliphatic rings. The maximum Gasteiger partial charge on any atom is 0.326 e. The van der Waals surface area contributed by atoms with Gasteiger partial charge in [-0.05, 0) is 63.0 Å². The van der Waals surface area contributed by atoms with Crippen molar-refractivity contribution in [2.75, 3.05) is 11.9 Å². The van der Waals surface area contributed by atoms with Crippen LogP contribution in [0, 0.1) is 5.41 Å². The van der Waals surface area contributed by atoms with Crippen LogP contribution in [-0.4, -0.2) is 40.5 Å². The molecule has 2 heterocycles. The van der Waals surface area contributed by atoms with Crippen LogP contribution in [0.4, 0.5) is 14.6 Å². The Bertz CT molecular complexity index is 825. The number of hydrogen-bond donors (Lipinski definition) is 3. The quantitative estimate of drug-likeness (QED) is 0.395. The lowest BCUT2D eigenvalue weighted by atomic mass is 9.75. The van der Waals surface area contributed by atoms with E-state index in [1.165, 1.54) is 5.56 Å². The van der Waals surface area contributed by atoms with Gasteiger partial charge in [-0.15, -0.1) is 0 Å². The summed E-state index contributed by atoms with van der Waals surface area (Å²) in [6.45, 7) is 2.75. The van der Waals surface area contributed by atoms with Crippen LogP contribution >= 0.6 is 0 Å². The molecule has 0 unspecified atom stereocenters. The Balaban J connectivity index is 1.42. The van der Waals surface area contributed by atoms with Gasteiger partial charge >= 0.3 is 5.97 Å². The number of unbranched alkanes of at least 4 members (excludes halogenated alkanes) is 1. The molecule has 1 saturated carbocycles. The van der Waals surface area contributed by atoms with E-state index in [0.29, 0.717) is 32.1 Å². The third kappa shape index (κ3) is 7.37. The smallest absolute Gasteiger partial charge is 0.326 e. The van der Waals surface area contributed by atoms with Crippen LogP contribution in [0.1, 0.15) is 88.8 Å². The summed E-state index contributed by atoms with van der Waals surface area (Å²) in [4.78, 5) is 28.8. The van der Waals surface area contributed by atoms with Crippen LogP contribution in [0.5, 0.6) is 0 Å². The third-order valence-electron chi connectivity index (χ3n) is 7.08. The molecule has 1 fully saturated rings. The van der Waals surface area contributed by atoms with Crippen molar-refractivity contribution in [3.63, 3.8) is 0 Å². The van der Waals surface area contributed by atoms with Crippen molar-refractivity contribution < 1.29 is 23.5 Å². The number of carbonyl (C=O) groups excluding carboxylic acids is 1. The Labute approximate surface area is 194 Å². The molecule has 0 radical (unpaired) electrons. The van der Waals surface area contributed by atoms with Crippen LogP contribution in [0.15, 0.2) is 12.1 Å². The van der Waals surface area contributed by atoms with Crippen molar-refractivity contribution in [1.82, 2.24) is 10.3 Å². The number of nitrogens with zero attached hydrogens (tertiary/aromatic N) is 1. The third-order valence-corrected chi connectivity index (χ3v) is 7.08. The van der Waals surface area contributed by atoms with Gasteiger partial charge in [0.1, 0.15) is 11.9 Å². The maximum atomic E-state index is 14.4. The molecule has 0 aromatic carbocycles. The minimum Gasteiger partial charge on any atom is -0.480 e. The van der Waals surface area contributed by atoms with Gasteiger partial charge in [-0.1, -0.05) is 32.3 Å². The molecule has 0 saturated heterocycles. The highest BCUT2D eigenvalue weighted by Gasteiger charge is 2.38. The van der Waals surface area contributed by atoms with E-state index in [0.717, 1.165) is 50.2 Å². The fourth-order valence-electron chi connectivity index (χ4n) is 4.83. The maximum absolute atomic E-state index is 14.4. The zero-order chi connectivity index (χ0) is 23.9. The Morgan fingerprint density at radius 1 is 1.18 bits per heavy atom. The number of halogens is 2. The summed E-state index contributed by atoms with van der Waals surface area (Å²) in [5.41, 5.74) is 1.50. The first-order valence-corrected chi connectivity index (χ1v) is 12.3. The molecule has 1 aromatic heterocycles. The summed E-state index contributed by atoms with van der Waals surface area (Å²) in [6, 6.07) is 2.75. The van der Waals surface area contributed by atoms with E-state index < -0.39 is 29.8 Å². The Hall–Kier alpha value is -2.25. The predicted octanol–water partition coefficient (Wildman–Crippen LogP) is 5.11.